The van der Waals surface area contributed by atoms with Crippen LogP contribution in [-0.4, -0.2) is 7.11 Å². The minimum atomic E-state index is -0.404. The molecule has 0 N–H and O–H groups in total. The molecule has 3 aromatic carbocycles. The van der Waals surface area contributed by atoms with Crippen LogP contribution >= 0.6 is 11.6 Å². The Hall–Kier alpha value is -3.29. The van der Waals surface area contributed by atoms with Crippen LogP contribution in [0.2, 0.25) is 5.02 Å². The Morgan fingerprint density at radius 1 is 1.11 bits per heavy atom. The molecule has 0 spiro atoms. The van der Waals surface area contributed by atoms with Gasteiger partial charge in [0.25, 0.3) is 0 Å². The van der Waals surface area contributed by atoms with E-state index in [-0.39, 0.29) is 0 Å². The first-order valence-electron chi connectivity index (χ1n) is 8.52. The van der Waals surface area contributed by atoms with Crippen molar-refractivity contribution >= 4 is 23.3 Å². The van der Waals surface area contributed by atoms with Gasteiger partial charge in [0.05, 0.1) is 23.8 Å². The molecule has 0 heterocycles. The summed E-state index contributed by atoms with van der Waals surface area (Å²) in [5, 5.41) is 9.82. The number of rotatable bonds is 6. The summed E-state index contributed by atoms with van der Waals surface area (Å²) < 4.78 is 24.7. The second-order valence-electron chi connectivity index (χ2n) is 5.99. The molecule has 3 aromatic rings. The van der Waals surface area contributed by atoms with Gasteiger partial charge in [0, 0.05) is 0 Å². The first kappa shape index (κ1) is 19.5. The minimum Gasteiger partial charge on any atom is -0.493 e. The van der Waals surface area contributed by atoms with Crippen molar-refractivity contribution in [2.75, 3.05) is 7.11 Å². The first-order valence-corrected chi connectivity index (χ1v) is 8.90. The number of nitriles is 1. The van der Waals surface area contributed by atoms with Gasteiger partial charge >= 0.3 is 0 Å². The highest BCUT2D eigenvalue weighted by atomic mass is 35.5. The molecule has 0 fully saturated rings. The maximum Gasteiger partial charge on any atom is 0.180 e. The first-order chi connectivity index (χ1) is 13.6. The Bertz CT molecular complexity index is 1040. The molecular formula is C23H17ClFNO2. The van der Waals surface area contributed by atoms with Crippen LogP contribution in [0.3, 0.4) is 0 Å². The maximum absolute atomic E-state index is 13.5. The van der Waals surface area contributed by atoms with E-state index in [1.807, 2.05) is 30.3 Å². The van der Waals surface area contributed by atoms with Crippen LogP contribution in [0.25, 0.3) is 11.6 Å². The third-order valence-corrected chi connectivity index (χ3v) is 4.33. The number of methoxy groups -OCH3 is 1. The molecule has 0 aliphatic carbocycles. The fourth-order valence-corrected chi connectivity index (χ4v) is 2.97. The summed E-state index contributed by atoms with van der Waals surface area (Å²) in [6.07, 6.45) is 1.63. The van der Waals surface area contributed by atoms with Gasteiger partial charge in [-0.25, -0.2) is 4.39 Å². The molecular weight excluding hydrogens is 377 g/mol. The molecule has 0 aliphatic rings. The Morgan fingerprint density at radius 2 is 1.89 bits per heavy atom. The number of hydrogen-bond acceptors (Lipinski definition) is 3. The summed E-state index contributed by atoms with van der Waals surface area (Å²) in [5.74, 6) is 0.472. The number of ether oxygens (including phenoxy) is 2. The summed E-state index contributed by atoms with van der Waals surface area (Å²) in [6.45, 7) is 0.346. The normalized spacial score (nSPS) is 11.0. The minimum absolute atomic E-state index is 0.315. The Morgan fingerprint density at radius 3 is 2.57 bits per heavy atom. The van der Waals surface area contributed by atoms with Crippen molar-refractivity contribution in [3.63, 3.8) is 0 Å². The molecule has 5 heteroatoms. The zero-order chi connectivity index (χ0) is 19.9. The van der Waals surface area contributed by atoms with Crippen molar-refractivity contribution < 1.29 is 13.9 Å². The highest BCUT2D eigenvalue weighted by Gasteiger charge is 2.13. The van der Waals surface area contributed by atoms with E-state index >= 15 is 0 Å². The lowest BCUT2D eigenvalue weighted by atomic mass is 10.0. The van der Waals surface area contributed by atoms with Crippen molar-refractivity contribution in [1.82, 2.24) is 0 Å². The molecule has 0 bridgehead atoms. The molecule has 0 saturated heterocycles. The number of benzene rings is 3. The third-order valence-electron chi connectivity index (χ3n) is 4.04. The summed E-state index contributed by atoms with van der Waals surface area (Å²) in [7, 11) is 1.52. The molecule has 3 nitrogen and oxygen atoms in total. The van der Waals surface area contributed by atoms with Crippen LogP contribution in [0.4, 0.5) is 4.39 Å². The third kappa shape index (κ3) is 4.70. The predicted octanol–water partition coefficient (Wildman–Crippen LogP) is 6.13. The van der Waals surface area contributed by atoms with Crippen molar-refractivity contribution in [2.24, 2.45) is 0 Å². The number of allylic oxidation sites excluding steroid dienone is 1. The molecule has 0 unspecified atom stereocenters. The highest BCUT2D eigenvalue weighted by molar-refractivity contribution is 6.32. The molecule has 140 valence electrons. The fourth-order valence-electron chi connectivity index (χ4n) is 2.70. The highest BCUT2D eigenvalue weighted by Crippen LogP contribution is 2.38. The van der Waals surface area contributed by atoms with Gasteiger partial charge in [0.15, 0.2) is 11.5 Å². The van der Waals surface area contributed by atoms with Gasteiger partial charge < -0.3 is 9.47 Å². The topological polar surface area (TPSA) is 42.2 Å². The van der Waals surface area contributed by atoms with Crippen LogP contribution in [-0.2, 0) is 6.61 Å². The summed E-state index contributed by atoms with van der Waals surface area (Å²) in [4.78, 5) is 0. The van der Waals surface area contributed by atoms with E-state index in [0.717, 1.165) is 5.56 Å². The standard InChI is InChI=1S/C23H17ClFNO2/c1-27-22-12-17(10-19(14-26)18-8-5-9-20(25)13-18)11-21(24)23(22)28-15-16-6-3-2-4-7-16/h2-13H,15H2,1H3. The van der Waals surface area contributed by atoms with Gasteiger partial charge in [0.1, 0.15) is 12.4 Å². The van der Waals surface area contributed by atoms with Crippen LogP contribution in [0, 0.1) is 17.1 Å². The average Bonchev–Trinajstić information content (AvgIpc) is 2.71. The molecule has 0 aliphatic heterocycles. The molecule has 28 heavy (non-hydrogen) atoms. The van der Waals surface area contributed by atoms with Crippen LogP contribution in [0.5, 0.6) is 11.5 Å². The van der Waals surface area contributed by atoms with E-state index in [9.17, 15) is 9.65 Å². The lowest BCUT2D eigenvalue weighted by Gasteiger charge is -2.13. The Labute approximate surface area is 168 Å². The quantitative estimate of drug-likeness (QED) is 0.373. The maximum atomic E-state index is 13.5. The average molecular weight is 394 g/mol. The van der Waals surface area contributed by atoms with Crippen molar-refractivity contribution in [2.45, 2.75) is 6.61 Å². The lowest BCUT2D eigenvalue weighted by molar-refractivity contribution is 0.284. The Kier molecular flexibility index (Phi) is 6.31. The van der Waals surface area contributed by atoms with Crippen molar-refractivity contribution in [1.29, 1.82) is 5.26 Å². The molecule has 3 rings (SSSR count). The van der Waals surface area contributed by atoms with Gasteiger partial charge in [-0.1, -0.05) is 54.1 Å². The summed E-state index contributed by atoms with van der Waals surface area (Å²) in [5.41, 5.74) is 2.45. The number of hydrogen-bond donors (Lipinski definition) is 0. The van der Waals surface area contributed by atoms with Crippen LogP contribution in [0.1, 0.15) is 16.7 Å². The second kappa shape index (κ2) is 9.07. The molecule has 0 aromatic heterocycles. The van der Waals surface area contributed by atoms with Crippen molar-refractivity contribution in [3.8, 4) is 17.6 Å². The smallest absolute Gasteiger partial charge is 0.180 e. The van der Waals surface area contributed by atoms with Gasteiger partial charge in [-0.2, -0.15) is 5.26 Å². The zero-order valence-corrected chi connectivity index (χ0v) is 15.9. The van der Waals surface area contributed by atoms with E-state index in [4.69, 9.17) is 21.1 Å². The molecule has 0 radical (unpaired) electrons. The predicted molar refractivity (Wildman–Crippen MR) is 109 cm³/mol. The van der Waals surface area contributed by atoms with Gasteiger partial charge in [-0.15, -0.1) is 0 Å². The SMILES string of the molecule is COc1cc(C=C(C#N)c2cccc(F)c2)cc(Cl)c1OCc1ccccc1. The number of nitrogens with zero attached hydrogens (tertiary/aromatic N) is 1. The largest absolute Gasteiger partial charge is 0.493 e. The summed E-state index contributed by atoms with van der Waals surface area (Å²) in [6, 6.07) is 21.1. The van der Waals surface area contributed by atoms with Gasteiger partial charge in [-0.3, -0.25) is 0 Å². The number of halogens is 2. The monoisotopic (exact) mass is 393 g/mol. The fraction of sp³-hybridized carbons (Fsp3) is 0.0870. The lowest BCUT2D eigenvalue weighted by Crippen LogP contribution is -1.99. The van der Waals surface area contributed by atoms with Gasteiger partial charge in [0.2, 0.25) is 0 Å². The molecule has 0 atom stereocenters. The van der Waals surface area contributed by atoms with E-state index in [1.54, 1.807) is 30.3 Å². The van der Waals surface area contributed by atoms with E-state index in [0.29, 0.717) is 39.8 Å². The van der Waals surface area contributed by atoms with E-state index in [1.165, 1.54) is 19.2 Å². The zero-order valence-electron chi connectivity index (χ0n) is 15.2. The summed E-state index contributed by atoms with van der Waals surface area (Å²) >= 11 is 6.40. The Balaban J connectivity index is 1.91. The second-order valence-corrected chi connectivity index (χ2v) is 6.40. The molecule has 0 saturated carbocycles. The van der Waals surface area contributed by atoms with Crippen molar-refractivity contribution in [3.05, 3.63) is 94.3 Å². The molecule has 0 amide bonds. The van der Waals surface area contributed by atoms with Crippen LogP contribution < -0.4 is 9.47 Å². The van der Waals surface area contributed by atoms with E-state index < -0.39 is 5.82 Å². The van der Waals surface area contributed by atoms with Gasteiger partial charge in [-0.05, 0) is 47.0 Å². The van der Waals surface area contributed by atoms with E-state index in [2.05, 4.69) is 6.07 Å². The van der Waals surface area contributed by atoms with Crippen LogP contribution in [0.15, 0.2) is 66.7 Å².